The lowest BCUT2D eigenvalue weighted by atomic mass is 10.2. The average molecular weight is 224 g/mol. The minimum absolute atomic E-state index is 0.200. The van der Waals surface area contributed by atoms with E-state index in [1.165, 1.54) is 0 Å². The quantitative estimate of drug-likeness (QED) is 0.739. The molecule has 80 valence electrons. The monoisotopic (exact) mass is 224 g/mol. The predicted molar refractivity (Wildman–Crippen MR) is 62.1 cm³/mol. The fourth-order valence-corrected chi connectivity index (χ4v) is 1.11. The van der Waals surface area contributed by atoms with Gasteiger partial charge in [0.1, 0.15) is 5.75 Å². The van der Waals surface area contributed by atoms with Gasteiger partial charge < -0.3 is 15.8 Å². The van der Waals surface area contributed by atoms with Crippen LogP contribution in [-0.2, 0) is 0 Å². The van der Waals surface area contributed by atoms with Crippen molar-refractivity contribution >= 4 is 23.1 Å². The predicted octanol–water partition coefficient (Wildman–Crippen LogP) is 0.711. The molecule has 0 saturated carbocycles. The highest BCUT2D eigenvalue weighted by Crippen LogP contribution is 2.11. The summed E-state index contributed by atoms with van der Waals surface area (Å²) in [7, 11) is 1.55. The van der Waals surface area contributed by atoms with E-state index in [9.17, 15) is 4.79 Å². The molecule has 0 fully saturated rings. The zero-order valence-corrected chi connectivity index (χ0v) is 9.14. The van der Waals surface area contributed by atoms with Crippen LogP contribution < -0.4 is 15.8 Å². The van der Waals surface area contributed by atoms with Gasteiger partial charge in [0.25, 0.3) is 5.91 Å². The van der Waals surface area contributed by atoms with Crippen LogP contribution in [0.5, 0.6) is 5.75 Å². The number of amides is 1. The van der Waals surface area contributed by atoms with Crippen LogP contribution in [0, 0.1) is 0 Å². The smallest absolute Gasteiger partial charge is 0.251 e. The van der Waals surface area contributed by atoms with E-state index in [4.69, 9.17) is 10.5 Å². The molecule has 0 saturated heterocycles. The lowest BCUT2D eigenvalue weighted by Gasteiger charge is -2.05. The maximum atomic E-state index is 11.5. The van der Waals surface area contributed by atoms with Crippen LogP contribution in [0.3, 0.4) is 0 Å². The van der Waals surface area contributed by atoms with Crippen LogP contribution in [0.15, 0.2) is 24.3 Å². The van der Waals surface area contributed by atoms with Crippen molar-refractivity contribution in [1.82, 2.24) is 5.32 Å². The number of nitrogens with one attached hydrogen (secondary N) is 1. The fraction of sp³-hybridized carbons (Fsp3) is 0.200. The number of thiocarbonyl (C=S) groups is 1. The number of carbonyl (C=O) groups is 1. The fourth-order valence-electron chi connectivity index (χ4n) is 1.03. The van der Waals surface area contributed by atoms with Gasteiger partial charge in [0.2, 0.25) is 0 Å². The third-order valence-electron chi connectivity index (χ3n) is 1.76. The number of hydrogen-bond acceptors (Lipinski definition) is 3. The zero-order valence-electron chi connectivity index (χ0n) is 8.32. The van der Waals surface area contributed by atoms with E-state index in [0.717, 1.165) is 0 Å². The highest BCUT2D eigenvalue weighted by Gasteiger charge is 2.05. The molecular formula is C10H12N2O2S. The minimum Gasteiger partial charge on any atom is -0.497 e. The van der Waals surface area contributed by atoms with Crippen molar-refractivity contribution in [3.63, 3.8) is 0 Å². The molecule has 0 radical (unpaired) electrons. The Hall–Kier alpha value is -1.62. The Morgan fingerprint density at radius 1 is 1.60 bits per heavy atom. The molecule has 0 heterocycles. The highest BCUT2D eigenvalue weighted by molar-refractivity contribution is 7.80. The summed E-state index contributed by atoms with van der Waals surface area (Å²) in [4.78, 5) is 11.8. The number of benzene rings is 1. The number of hydrogen-bond donors (Lipinski definition) is 2. The van der Waals surface area contributed by atoms with E-state index in [1.54, 1.807) is 31.4 Å². The van der Waals surface area contributed by atoms with Crippen LogP contribution in [0.25, 0.3) is 0 Å². The van der Waals surface area contributed by atoms with Crippen LogP contribution in [0.2, 0.25) is 0 Å². The van der Waals surface area contributed by atoms with E-state index < -0.39 is 0 Å². The molecule has 0 aliphatic heterocycles. The molecule has 0 bridgehead atoms. The maximum Gasteiger partial charge on any atom is 0.251 e. The molecular weight excluding hydrogens is 212 g/mol. The molecule has 1 amide bonds. The van der Waals surface area contributed by atoms with Crippen LogP contribution in [0.4, 0.5) is 0 Å². The number of ether oxygens (including phenoxy) is 1. The molecule has 3 N–H and O–H groups in total. The van der Waals surface area contributed by atoms with Gasteiger partial charge in [-0.3, -0.25) is 4.79 Å². The molecule has 1 aromatic rings. The summed E-state index contributed by atoms with van der Waals surface area (Å²) >= 11 is 4.65. The Balaban J connectivity index is 2.69. The second-order valence-corrected chi connectivity index (χ2v) is 3.41. The summed E-state index contributed by atoms with van der Waals surface area (Å²) < 4.78 is 5.00. The number of nitrogens with two attached hydrogens (primary N) is 1. The maximum absolute atomic E-state index is 11.5. The molecule has 15 heavy (non-hydrogen) atoms. The summed E-state index contributed by atoms with van der Waals surface area (Å²) in [5.74, 6) is 0.416. The third-order valence-corrected chi connectivity index (χ3v) is 1.90. The summed E-state index contributed by atoms with van der Waals surface area (Å²) in [6, 6.07) is 6.85. The highest BCUT2D eigenvalue weighted by atomic mass is 32.1. The molecule has 0 spiro atoms. The SMILES string of the molecule is COc1cccc(C(=O)NCC(N)=S)c1. The van der Waals surface area contributed by atoms with E-state index >= 15 is 0 Å². The lowest BCUT2D eigenvalue weighted by molar-refractivity contribution is 0.0959. The van der Waals surface area contributed by atoms with Gasteiger partial charge in [-0.05, 0) is 18.2 Å². The molecule has 0 atom stereocenters. The first-order valence-electron chi connectivity index (χ1n) is 4.34. The van der Waals surface area contributed by atoms with E-state index in [1.807, 2.05) is 0 Å². The summed E-state index contributed by atoms with van der Waals surface area (Å²) in [6.45, 7) is 0.200. The molecule has 4 nitrogen and oxygen atoms in total. The van der Waals surface area contributed by atoms with Crippen LogP contribution in [0.1, 0.15) is 10.4 Å². The first-order valence-corrected chi connectivity index (χ1v) is 4.75. The minimum atomic E-state index is -0.221. The Morgan fingerprint density at radius 2 is 2.33 bits per heavy atom. The van der Waals surface area contributed by atoms with Gasteiger partial charge in [0.15, 0.2) is 0 Å². The largest absolute Gasteiger partial charge is 0.497 e. The zero-order chi connectivity index (χ0) is 11.3. The molecule has 1 aromatic carbocycles. The third kappa shape index (κ3) is 3.55. The van der Waals surface area contributed by atoms with E-state index in [0.29, 0.717) is 11.3 Å². The average Bonchev–Trinajstić information content (AvgIpc) is 2.26. The second kappa shape index (κ2) is 5.31. The van der Waals surface area contributed by atoms with Gasteiger partial charge in [-0.25, -0.2) is 0 Å². The Kier molecular flexibility index (Phi) is 4.05. The van der Waals surface area contributed by atoms with Crippen molar-refractivity contribution < 1.29 is 9.53 Å². The molecule has 5 heteroatoms. The van der Waals surface area contributed by atoms with Gasteiger partial charge in [0.05, 0.1) is 18.6 Å². The van der Waals surface area contributed by atoms with Gasteiger partial charge in [-0.1, -0.05) is 18.3 Å². The van der Waals surface area contributed by atoms with Crippen LogP contribution >= 0.6 is 12.2 Å². The van der Waals surface area contributed by atoms with Gasteiger partial charge in [-0.2, -0.15) is 0 Å². The number of carbonyl (C=O) groups excluding carboxylic acids is 1. The summed E-state index contributed by atoms with van der Waals surface area (Å²) in [6.07, 6.45) is 0. The van der Waals surface area contributed by atoms with E-state index in [2.05, 4.69) is 17.5 Å². The molecule has 0 aliphatic carbocycles. The second-order valence-electron chi connectivity index (χ2n) is 2.88. The topological polar surface area (TPSA) is 64.3 Å². The normalized spacial score (nSPS) is 9.40. The summed E-state index contributed by atoms with van der Waals surface area (Å²) in [5.41, 5.74) is 5.79. The van der Waals surface area contributed by atoms with Crippen LogP contribution in [-0.4, -0.2) is 24.6 Å². The van der Waals surface area contributed by atoms with Gasteiger partial charge in [0, 0.05) is 5.56 Å². The molecule has 0 unspecified atom stereocenters. The van der Waals surface area contributed by atoms with Crippen molar-refractivity contribution in [2.24, 2.45) is 5.73 Å². The Bertz CT molecular complexity index is 379. The van der Waals surface area contributed by atoms with Crippen molar-refractivity contribution in [3.05, 3.63) is 29.8 Å². The first kappa shape index (κ1) is 11.5. The van der Waals surface area contributed by atoms with Crippen molar-refractivity contribution in [2.75, 3.05) is 13.7 Å². The molecule has 1 rings (SSSR count). The van der Waals surface area contributed by atoms with Crippen molar-refractivity contribution in [1.29, 1.82) is 0 Å². The molecule has 0 aromatic heterocycles. The standard InChI is InChI=1S/C10H12N2O2S/c1-14-8-4-2-3-7(5-8)10(13)12-6-9(11)15/h2-5H,6H2,1H3,(H2,11,15)(H,12,13). The van der Waals surface area contributed by atoms with Crippen molar-refractivity contribution in [2.45, 2.75) is 0 Å². The number of rotatable bonds is 4. The van der Waals surface area contributed by atoms with Crippen molar-refractivity contribution in [3.8, 4) is 5.75 Å². The first-order chi connectivity index (χ1) is 7.13. The molecule has 0 aliphatic rings. The van der Waals surface area contributed by atoms with Gasteiger partial charge >= 0.3 is 0 Å². The summed E-state index contributed by atoms with van der Waals surface area (Å²) in [5, 5.41) is 2.59. The van der Waals surface area contributed by atoms with E-state index in [-0.39, 0.29) is 17.4 Å². The Morgan fingerprint density at radius 3 is 2.93 bits per heavy atom. The lowest BCUT2D eigenvalue weighted by Crippen LogP contribution is -2.32. The number of methoxy groups -OCH3 is 1. The van der Waals surface area contributed by atoms with Gasteiger partial charge in [-0.15, -0.1) is 0 Å². The Labute approximate surface area is 93.4 Å².